The fourth-order valence-corrected chi connectivity index (χ4v) is 3.66. The summed E-state index contributed by atoms with van der Waals surface area (Å²) in [5, 5.41) is 0. The van der Waals surface area contributed by atoms with E-state index in [1.165, 1.54) is 12.4 Å². The molecule has 0 saturated carbocycles. The molecule has 0 spiro atoms. The van der Waals surface area contributed by atoms with Crippen molar-refractivity contribution in [2.45, 2.75) is 25.1 Å². The number of ether oxygens (including phenoxy) is 1. The van der Waals surface area contributed by atoms with E-state index >= 15 is 0 Å². The van der Waals surface area contributed by atoms with Crippen LogP contribution >= 0.6 is 15.9 Å². The van der Waals surface area contributed by atoms with Crippen molar-refractivity contribution in [3.63, 3.8) is 0 Å². The molecule has 2 heterocycles. The number of hydrogen-bond acceptors (Lipinski definition) is 5. The first kappa shape index (κ1) is 17.4. The topological polar surface area (TPSA) is 72.4 Å². The molecule has 1 saturated heterocycles. The predicted octanol–water partition coefficient (Wildman–Crippen LogP) is 1.97. The van der Waals surface area contributed by atoms with Gasteiger partial charge in [0.1, 0.15) is 6.10 Å². The lowest BCUT2D eigenvalue weighted by Gasteiger charge is -2.17. The van der Waals surface area contributed by atoms with Crippen LogP contribution in [0.4, 0.5) is 13.2 Å². The molecule has 0 bridgehead atoms. The van der Waals surface area contributed by atoms with E-state index in [0.717, 1.165) is 4.31 Å². The van der Waals surface area contributed by atoms with Gasteiger partial charge in [-0.25, -0.2) is 18.4 Å². The minimum Gasteiger partial charge on any atom is -0.459 e. The van der Waals surface area contributed by atoms with Gasteiger partial charge < -0.3 is 4.74 Å². The van der Waals surface area contributed by atoms with Crippen LogP contribution in [0.1, 0.15) is 12.8 Å². The molecule has 1 aromatic rings. The molecule has 0 radical (unpaired) electrons. The minimum atomic E-state index is -4.49. The van der Waals surface area contributed by atoms with E-state index in [0.29, 0.717) is 10.9 Å². The Morgan fingerprint density at radius 3 is 2.59 bits per heavy atom. The van der Waals surface area contributed by atoms with Crippen molar-refractivity contribution in [2.75, 3.05) is 18.8 Å². The van der Waals surface area contributed by atoms with E-state index in [-0.39, 0.29) is 19.1 Å². The van der Waals surface area contributed by atoms with Crippen molar-refractivity contribution in [3.8, 4) is 6.01 Å². The average molecular weight is 404 g/mol. The van der Waals surface area contributed by atoms with Crippen molar-refractivity contribution in [2.24, 2.45) is 0 Å². The zero-order valence-corrected chi connectivity index (χ0v) is 13.7. The highest BCUT2D eigenvalue weighted by Gasteiger charge is 2.36. The molecule has 1 aliphatic heterocycles. The van der Waals surface area contributed by atoms with Gasteiger partial charge in [-0.2, -0.15) is 17.5 Å². The zero-order valence-electron chi connectivity index (χ0n) is 11.3. The number of aromatic nitrogens is 2. The Balaban J connectivity index is 1.90. The molecule has 0 aromatic carbocycles. The molecule has 11 heteroatoms. The Morgan fingerprint density at radius 2 is 2.00 bits per heavy atom. The maximum Gasteiger partial charge on any atom is 0.390 e. The van der Waals surface area contributed by atoms with Gasteiger partial charge in [0.25, 0.3) is 0 Å². The monoisotopic (exact) mass is 403 g/mol. The lowest BCUT2D eigenvalue weighted by atomic mass is 10.3. The fraction of sp³-hybridized carbons (Fsp3) is 0.636. The summed E-state index contributed by atoms with van der Waals surface area (Å²) < 4.78 is 67.3. The van der Waals surface area contributed by atoms with Crippen LogP contribution in [-0.4, -0.2) is 53.8 Å². The molecule has 1 aromatic heterocycles. The maximum atomic E-state index is 12.1. The first-order chi connectivity index (χ1) is 10.2. The van der Waals surface area contributed by atoms with Crippen molar-refractivity contribution in [3.05, 3.63) is 16.9 Å². The minimum absolute atomic E-state index is 0.000383. The van der Waals surface area contributed by atoms with Crippen molar-refractivity contribution in [1.29, 1.82) is 0 Å². The van der Waals surface area contributed by atoms with Gasteiger partial charge in [-0.05, 0) is 22.4 Å². The second kappa shape index (κ2) is 6.67. The van der Waals surface area contributed by atoms with Gasteiger partial charge in [-0.15, -0.1) is 0 Å². The average Bonchev–Trinajstić information content (AvgIpc) is 2.88. The van der Waals surface area contributed by atoms with Gasteiger partial charge in [0.2, 0.25) is 10.0 Å². The smallest absolute Gasteiger partial charge is 0.390 e. The summed E-state index contributed by atoms with van der Waals surface area (Å²) >= 11 is 3.17. The summed E-state index contributed by atoms with van der Waals surface area (Å²) in [5.74, 6) is -0.946. The second-order valence-corrected chi connectivity index (χ2v) is 7.76. The van der Waals surface area contributed by atoms with E-state index < -0.39 is 34.5 Å². The van der Waals surface area contributed by atoms with E-state index in [1.54, 1.807) is 0 Å². The summed E-state index contributed by atoms with van der Waals surface area (Å²) in [5.41, 5.74) is 0. The molecule has 0 N–H and O–H groups in total. The number of nitrogens with zero attached hydrogens (tertiary/aromatic N) is 3. The van der Waals surface area contributed by atoms with E-state index in [4.69, 9.17) is 4.74 Å². The number of sulfonamides is 1. The Labute approximate surface area is 133 Å². The van der Waals surface area contributed by atoms with Gasteiger partial charge in [0.15, 0.2) is 0 Å². The molecule has 1 aliphatic rings. The molecular weight excluding hydrogens is 391 g/mol. The summed E-state index contributed by atoms with van der Waals surface area (Å²) in [7, 11) is -3.94. The SMILES string of the molecule is O=S(=O)(CCC(F)(F)F)N1CCC(Oc2ncc(Br)cn2)C1. The quantitative estimate of drug-likeness (QED) is 0.751. The Hall–Kier alpha value is -0.940. The summed E-state index contributed by atoms with van der Waals surface area (Å²) in [6.07, 6.45) is -2.97. The van der Waals surface area contributed by atoms with Crippen LogP contribution in [0.5, 0.6) is 6.01 Å². The van der Waals surface area contributed by atoms with Crippen LogP contribution in [0.15, 0.2) is 16.9 Å². The molecule has 6 nitrogen and oxygen atoms in total. The third-order valence-corrected chi connectivity index (χ3v) is 5.26. The van der Waals surface area contributed by atoms with Crippen LogP contribution in [0.2, 0.25) is 0 Å². The van der Waals surface area contributed by atoms with Crippen molar-refractivity contribution < 1.29 is 26.3 Å². The predicted molar refractivity (Wildman–Crippen MR) is 74.8 cm³/mol. The molecule has 124 valence electrons. The first-order valence-corrected chi connectivity index (χ1v) is 8.75. The Morgan fingerprint density at radius 1 is 1.36 bits per heavy atom. The molecule has 0 aliphatic carbocycles. The largest absolute Gasteiger partial charge is 0.459 e. The van der Waals surface area contributed by atoms with Gasteiger partial charge in [-0.3, -0.25) is 0 Å². The van der Waals surface area contributed by atoms with Crippen LogP contribution in [0.25, 0.3) is 0 Å². The lowest BCUT2D eigenvalue weighted by molar-refractivity contribution is -0.130. The number of hydrogen-bond donors (Lipinski definition) is 0. The van der Waals surface area contributed by atoms with E-state index in [9.17, 15) is 21.6 Å². The summed E-state index contributed by atoms with van der Waals surface area (Å²) in [6, 6.07) is 0.0998. The summed E-state index contributed by atoms with van der Waals surface area (Å²) in [4.78, 5) is 7.80. The molecule has 22 heavy (non-hydrogen) atoms. The molecule has 1 fully saturated rings. The van der Waals surface area contributed by atoms with Crippen molar-refractivity contribution in [1.82, 2.24) is 14.3 Å². The first-order valence-electron chi connectivity index (χ1n) is 6.34. The molecule has 2 rings (SSSR count). The van der Waals surface area contributed by atoms with Gasteiger partial charge in [0.05, 0.1) is 23.2 Å². The standard InChI is InChI=1S/C11H13BrF3N3O3S/c12-8-5-16-10(17-6-8)21-9-1-3-18(7-9)22(19,20)4-2-11(13,14)15/h5-6,9H,1-4,7H2. The second-order valence-electron chi connectivity index (χ2n) is 4.75. The van der Waals surface area contributed by atoms with Crippen molar-refractivity contribution >= 4 is 26.0 Å². The van der Waals surface area contributed by atoms with Crippen LogP contribution in [-0.2, 0) is 10.0 Å². The third-order valence-electron chi connectivity index (χ3n) is 3.01. The highest BCUT2D eigenvalue weighted by atomic mass is 79.9. The van der Waals surface area contributed by atoms with Gasteiger partial charge in [-0.1, -0.05) is 0 Å². The molecule has 1 unspecified atom stereocenters. The zero-order chi connectivity index (χ0) is 16.4. The van der Waals surface area contributed by atoms with Gasteiger partial charge in [0, 0.05) is 18.9 Å². The highest BCUT2D eigenvalue weighted by Crippen LogP contribution is 2.24. The Bertz CT molecular complexity index is 609. The maximum absolute atomic E-state index is 12.1. The molecular formula is C11H13BrF3N3O3S. The van der Waals surface area contributed by atoms with E-state index in [2.05, 4.69) is 25.9 Å². The normalized spacial score (nSPS) is 20.3. The number of alkyl halides is 3. The van der Waals surface area contributed by atoms with Crippen LogP contribution in [0.3, 0.4) is 0 Å². The summed E-state index contributed by atoms with van der Waals surface area (Å²) in [6.45, 7) is 0.126. The Kier molecular flexibility index (Phi) is 5.28. The fourth-order valence-electron chi connectivity index (χ4n) is 1.93. The molecule has 0 amide bonds. The van der Waals surface area contributed by atoms with Gasteiger partial charge >= 0.3 is 12.2 Å². The number of halogens is 4. The van der Waals surface area contributed by atoms with E-state index in [1.807, 2.05) is 0 Å². The highest BCUT2D eigenvalue weighted by molar-refractivity contribution is 9.10. The number of rotatable bonds is 5. The van der Waals surface area contributed by atoms with Crippen LogP contribution in [0, 0.1) is 0 Å². The molecule has 1 atom stereocenters. The van der Waals surface area contributed by atoms with Crippen LogP contribution < -0.4 is 4.74 Å². The lowest BCUT2D eigenvalue weighted by Crippen LogP contribution is -2.34. The third kappa shape index (κ3) is 5.06.